The second-order valence-electron chi connectivity index (χ2n) is 4.52. The first kappa shape index (κ1) is 13.0. The van der Waals surface area contributed by atoms with Gasteiger partial charge in [-0.05, 0) is 34.7 Å². The molecule has 1 N–H and O–H groups in total. The van der Waals surface area contributed by atoms with Crippen molar-refractivity contribution in [1.29, 1.82) is 0 Å². The second kappa shape index (κ2) is 4.70. The predicted octanol–water partition coefficient (Wildman–Crippen LogP) is 1.04. The van der Waals surface area contributed by atoms with E-state index in [1.165, 1.54) is 0 Å². The number of aliphatic hydroxyl groups excluding tert-OH is 1. The van der Waals surface area contributed by atoms with Crippen molar-refractivity contribution in [2.75, 3.05) is 11.5 Å². The minimum absolute atomic E-state index is 0.0526. The van der Waals surface area contributed by atoms with Gasteiger partial charge in [0.1, 0.15) is 0 Å². The third-order valence-electron chi connectivity index (χ3n) is 3.14. The first-order chi connectivity index (χ1) is 7.89. The normalized spacial score (nSPS) is 25.0. The van der Waals surface area contributed by atoms with Gasteiger partial charge in [-0.2, -0.15) is 5.10 Å². The van der Waals surface area contributed by atoms with Gasteiger partial charge < -0.3 is 5.11 Å². The highest BCUT2D eigenvalue weighted by molar-refractivity contribution is 9.10. The number of aromatic nitrogens is 2. The molecule has 0 radical (unpaired) electrons. The quantitative estimate of drug-likeness (QED) is 0.902. The molecule has 0 aliphatic carbocycles. The molecule has 1 aliphatic heterocycles. The molecule has 2 atom stereocenters. The van der Waals surface area contributed by atoms with E-state index >= 15 is 0 Å². The summed E-state index contributed by atoms with van der Waals surface area (Å²) in [5.74, 6) is 0.494. The number of hydrogen-bond acceptors (Lipinski definition) is 4. The van der Waals surface area contributed by atoms with Crippen LogP contribution in [0.3, 0.4) is 0 Å². The second-order valence-corrected chi connectivity index (χ2v) is 7.60. The SMILES string of the molecule is Cn1ncc(Br)c1C(O)CC1CCS(=O)(=O)C1. The Hall–Kier alpha value is -0.400. The standard InChI is InChI=1S/C10H15BrN2O3S/c1-13-10(8(11)5-12-13)9(14)4-7-2-3-17(15,16)6-7/h5,7,9,14H,2-4,6H2,1H3. The van der Waals surface area contributed by atoms with Gasteiger partial charge in [0.05, 0.1) is 34.0 Å². The molecule has 1 aromatic rings. The summed E-state index contributed by atoms with van der Waals surface area (Å²) in [6.07, 6.45) is 2.08. The lowest BCUT2D eigenvalue weighted by Gasteiger charge is -2.15. The van der Waals surface area contributed by atoms with Gasteiger partial charge in [-0.15, -0.1) is 0 Å². The van der Waals surface area contributed by atoms with E-state index in [2.05, 4.69) is 21.0 Å². The zero-order valence-electron chi connectivity index (χ0n) is 9.50. The third-order valence-corrected chi connectivity index (χ3v) is 5.58. The first-order valence-corrected chi connectivity index (χ1v) is 8.06. The maximum Gasteiger partial charge on any atom is 0.150 e. The Bertz CT molecular complexity index is 492. The number of hydrogen-bond donors (Lipinski definition) is 1. The highest BCUT2D eigenvalue weighted by atomic mass is 79.9. The maximum absolute atomic E-state index is 11.3. The predicted molar refractivity (Wildman–Crippen MR) is 67.2 cm³/mol. The Morgan fingerprint density at radius 3 is 2.88 bits per heavy atom. The van der Waals surface area contributed by atoms with E-state index in [4.69, 9.17) is 0 Å². The average Bonchev–Trinajstić information content (AvgIpc) is 2.70. The van der Waals surface area contributed by atoms with Crippen molar-refractivity contribution in [3.8, 4) is 0 Å². The monoisotopic (exact) mass is 322 g/mol. The Kier molecular flexibility index (Phi) is 3.61. The molecule has 0 aromatic carbocycles. The molecule has 0 bridgehead atoms. The zero-order valence-corrected chi connectivity index (χ0v) is 11.9. The smallest absolute Gasteiger partial charge is 0.150 e. The van der Waals surface area contributed by atoms with E-state index in [9.17, 15) is 13.5 Å². The minimum Gasteiger partial charge on any atom is -0.387 e. The number of halogens is 1. The molecule has 7 heteroatoms. The van der Waals surface area contributed by atoms with Crippen molar-refractivity contribution in [3.63, 3.8) is 0 Å². The fraction of sp³-hybridized carbons (Fsp3) is 0.700. The number of aliphatic hydroxyl groups is 1. The van der Waals surface area contributed by atoms with Crippen LogP contribution < -0.4 is 0 Å². The number of aryl methyl sites for hydroxylation is 1. The summed E-state index contributed by atoms with van der Waals surface area (Å²) in [6.45, 7) is 0. The summed E-state index contributed by atoms with van der Waals surface area (Å²) < 4.78 is 25.0. The summed E-state index contributed by atoms with van der Waals surface area (Å²) in [6, 6.07) is 0. The number of rotatable bonds is 3. The molecule has 1 aromatic heterocycles. The van der Waals surface area contributed by atoms with Crippen LogP contribution in [0.1, 0.15) is 24.6 Å². The van der Waals surface area contributed by atoms with E-state index in [1.54, 1.807) is 17.9 Å². The lowest BCUT2D eigenvalue weighted by molar-refractivity contribution is 0.139. The molecule has 1 saturated heterocycles. The van der Waals surface area contributed by atoms with E-state index in [-0.39, 0.29) is 17.4 Å². The van der Waals surface area contributed by atoms with Gasteiger partial charge in [0.2, 0.25) is 0 Å². The van der Waals surface area contributed by atoms with Crippen LogP contribution in [0.5, 0.6) is 0 Å². The van der Waals surface area contributed by atoms with Crippen LogP contribution >= 0.6 is 15.9 Å². The summed E-state index contributed by atoms with van der Waals surface area (Å²) in [4.78, 5) is 0. The van der Waals surface area contributed by atoms with Gasteiger partial charge in [-0.1, -0.05) is 0 Å². The Labute approximate surface area is 109 Å². The Morgan fingerprint density at radius 2 is 2.41 bits per heavy atom. The Morgan fingerprint density at radius 1 is 1.71 bits per heavy atom. The van der Waals surface area contributed by atoms with E-state index in [1.807, 2.05) is 0 Å². The third kappa shape index (κ3) is 2.89. The molecule has 2 rings (SSSR count). The van der Waals surface area contributed by atoms with Crippen LogP contribution in [0.4, 0.5) is 0 Å². The average molecular weight is 323 g/mol. The van der Waals surface area contributed by atoms with Gasteiger partial charge in [-0.3, -0.25) is 4.68 Å². The van der Waals surface area contributed by atoms with E-state index in [0.717, 1.165) is 4.47 Å². The molecule has 0 spiro atoms. The summed E-state index contributed by atoms with van der Waals surface area (Å²) >= 11 is 3.33. The van der Waals surface area contributed by atoms with Crippen LogP contribution in [0.2, 0.25) is 0 Å². The van der Waals surface area contributed by atoms with E-state index in [0.29, 0.717) is 18.5 Å². The van der Waals surface area contributed by atoms with Crippen molar-refractivity contribution >= 4 is 25.8 Å². The van der Waals surface area contributed by atoms with E-state index < -0.39 is 15.9 Å². The molecular formula is C10H15BrN2O3S. The first-order valence-electron chi connectivity index (χ1n) is 5.45. The molecule has 17 heavy (non-hydrogen) atoms. The van der Waals surface area contributed by atoms with Crippen LogP contribution in [0.25, 0.3) is 0 Å². The molecule has 0 amide bonds. The van der Waals surface area contributed by atoms with Crippen LogP contribution in [-0.2, 0) is 16.9 Å². The maximum atomic E-state index is 11.3. The largest absolute Gasteiger partial charge is 0.387 e. The van der Waals surface area contributed by atoms with Crippen molar-refractivity contribution < 1.29 is 13.5 Å². The van der Waals surface area contributed by atoms with Crippen molar-refractivity contribution in [2.45, 2.75) is 18.9 Å². The summed E-state index contributed by atoms with van der Waals surface area (Å²) in [7, 11) is -1.12. The van der Waals surface area contributed by atoms with Crippen molar-refractivity contribution in [3.05, 3.63) is 16.4 Å². The summed E-state index contributed by atoms with van der Waals surface area (Å²) in [5.41, 5.74) is 0.703. The zero-order chi connectivity index (χ0) is 12.6. The van der Waals surface area contributed by atoms with Gasteiger partial charge in [0.25, 0.3) is 0 Å². The summed E-state index contributed by atoms with van der Waals surface area (Å²) in [5, 5.41) is 14.1. The highest BCUT2D eigenvalue weighted by Gasteiger charge is 2.30. The number of nitrogens with zero attached hydrogens (tertiary/aromatic N) is 2. The Balaban J connectivity index is 2.06. The van der Waals surface area contributed by atoms with Crippen molar-refractivity contribution in [2.24, 2.45) is 13.0 Å². The molecule has 2 heterocycles. The minimum atomic E-state index is -2.88. The van der Waals surface area contributed by atoms with Gasteiger partial charge in [0.15, 0.2) is 9.84 Å². The van der Waals surface area contributed by atoms with Gasteiger partial charge >= 0.3 is 0 Å². The van der Waals surface area contributed by atoms with Gasteiger partial charge in [-0.25, -0.2) is 8.42 Å². The van der Waals surface area contributed by atoms with Crippen LogP contribution in [0, 0.1) is 5.92 Å². The lowest BCUT2D eigenvalue weighted by atomic mass is 9.99. The van der Waals surface area contributed by atoms with Gasteiger partial charge in [0, 0.05) is 7.05 Å². The topological polar surface area (TPSA) is 72.2 Å². The number of sulfone groups is 1. The van der Waals surface area contributed by atoms with Crippen LogP contribution in [0.15, 0.2) is 10.7 Å². The lowest BCUT2D eigenvalue weighted by Crippen LogP contribution is -2.12. The molecule has 2 unspecified atom stereocenters. The van der Waals surface area contributed by atoms with Crippen LogP contribution in [-0.4, -0.2) is 34.8 Å². The fourth-order valence-electron chi connectivity index (χ4n) is 2.28. The molecule has 1 aliphatic rings. The molecule has 0 saturated carbocycles. The molecule has 1 fully saturated rings. The molecular weight excluding hydrogens is 308 g/mol. The molecule has 96 valence electrons. The molecule has 5 nitrogen and oxygen atoms in total. The van der Waals surface area contributed by atoms with Crippen molar-refractivity contribution in [1.82, 2.24) is 9.78 Å². The fourth-order valence-corrected chi connectivity index (χ4v) is 4.77. The highest BCUT2D eigenvalue weighted by Crippen LogP contribution is 2.31.